The Morgan fingerprint density at radius 2 is 1.93 bits per heavy atom. The Morgan fingerprint density at radius 3 is 2.76 bits per heavy atom. The van der Waals surface area contributed by atoms with Crippen LogP contribution in [0, 0.1) is 0 Å². The minimum absolute atomic E-state index is 0.179. The predicted octanol–water partition coefficient (Wildman–Crippen LogP) is 6.25. The van der Waals surface area contributed by atoms with Crippen LogP contribution in [0.2, 0.25) is 0 Å². The second-order valence-electron chi connectivity index (χ2n) is 7.89. The van der Waals surface area contributed by atoms with Gasteiger partial charge in [-0.3, -0.25) is 9.36 Å². The van der Waals surface area contributed by atoms with E-state index in [0.29, 0.717) is 6.54 Å². The molecule has 0 N–H and O–H groups in total. The van der Waals surface area contributed by atoms with E-state index in [-0.39, 0.29) is 5.56 Å². The van der Waals surface area contributed by atoms with Crippen LogP contribution in [0.1, 0.15) is 61.5 Å². The predicted molar refractivity (Wildman–Crippen MR) is 126 cm³/mol. The van der Waals surface area contributed by atoms with Crippen molar-refractivity contribution in [2.24, 2.45) is 0 Å². The van der Waals surface area contributed by atoms with Crippen LogP contribution < -0.4 is 5.56 Å². The number of fused-ring (bicyclic) bond motifs is 3. The second kappa shape index (κ2) is 9.94. The van der Waals surface area contributed by atoms with Gasteiger partial charge in [0.15, 0.2) is 5.16 Å². The summed E-state index contributed by atoms with van der Waals surface area (Å²) in [6.45, 7) is 2.95. The highest BCUT2D eigenvalue weighted by Gasteiger charge is 2.23. The van der Waals surface area contributed by atoms with Crippen LogP contribution in [-0.2, 0) is 25.8 Å². The number of aromatic nitrogens is 2. The Hall–Kier alpha value is -1.59. The van der Waals surface area contributed by atoms with Crippen molar-refractivity contribution in [2.75, 3.05) is 5.75 Å². The summed E-state index contributed by atoms with van der Waals surface area (Å²) in [6.07, 6.45) is 10.5. The highest BCUT2D eigenvalue weighted by molar-refractivity contribution is 7.99. The summed E-state index contributed by atoms with van der Waals surface area (Å²) in [5.41, 5.74) is 2.73. The summed E-state index contributed by atoms with van der Waals surface area (Å²) >= 11 is 3.52. The van der Waals surface area contributed by atoms with Crippen LogP contribution in [0.15, 0.2) is 40.3 Å². The number of thioether (sulfide) groups is 1. The maximum Gasteiger partial charge on any atom is 0.263 e. The monoisotopic (exact) mass is 426 g/mol. The molecule has 4 rings (SSSR count). The molecule has 1 aliphatic rings. The molecule has 1 aromatic carbocycles. The molecule has 5 heteroatoms. The molecule has 0 saturated carbocycles. The van der Waals surface area contributed by atoms with Crippen molar-refractivity contribution >= 4 is 33.3 Å². The van der Waals surface area contributed by atoms with Gasteiger partial charge in [-0.2, -0.15) is 0 Å². The van der Waals surface area contributed by atoms with Crippen molar-refractivity contribution in [2.45, 2.75) is 76.4 Å². The van der Waals surface area contributed by atoms with E-state index in [1.807, 2.05) is 10.6 Å². The van der Waals surface area contributed by atoms with Crippen LogP contribution in [0.3, 0.4) is 0 Å². The number of unbranched alkanes of at least 4 members (excludes halogenated alkanes) is 4. The smallest absolute Gasteiger partial charge is 0.263 e. The van der Waals surface area contributed by atoms with E-state index >= 15 is 0 Å². The Morgan fingerprint density at radius 1 is 1.10 bits per heavy atom. The Bertz CT molecular complexity index is 1010. The molecular weight excluding hydrogens is 396 g/mol. The van der Waals surface area contributed by atoms with E-state index < -0.39 is 0 Å². The maximum absolute atomic E-state index is 13.5. The lowest BCUT2D eigenvalue weighted by Gasteiger charge is -2.12. The standard InChI is InChI=1S/C24H30N2OS2/c1-2-3-4-5-9-17-28-24-25-22-21(19-13-10-14-20(19)29-22)23(27)26(24)16-15-18-11-7-6-8-12-18/h6-8,11-12H,2-5,9-10,13-17H2,1H3. The largest absolute Gasteiger partial charge is 0.287 e. The number of benzene rings is 1. The lowest BCUT2D eigenvalue weighted by Crippen LogP contribution is -2.24. The van der Waals surface area contributed by atoms with E-state index in [9.17, 15) is 4.79 Å². The molecule has 0 atom stereocenters. The van der Waals surface area contributed by atoms with Crippen molar-refractivity contribution in [3.63, 3.8) is 0 Å². The average Bonchev–Trinajstić information content (AvgIpc) is 3.32. The summed E-state index contributed by atoms with van der Waals surface area (Å²) in [7, 11) is 0. The molecule has 3 aromatic rings. The number of aryl methyl sites for hydroxylation is 3. The van der Waals surface area contributed by atoms with E-state index in [0.717, 1.165) is 40.4 Å². The third kappa shape index (κ3) is 4.77. The van der Waals surface area contributed by atoms with Gasteiger partial charge in [-0.15, -0.1) is 11.3 Å². The number of nitrogens with zero attached hydrogens (tertiary/aromatic N) is 2. The van der Waals surface area contributed by atoms with Crippen molar-refractivity contribution in [1.29, 1.82) is 0 Å². The Balaban J connectivity index is 1.58. The van der Waals surface area contributed by atoms with Crippen molar-refractivity contribution < 1.29 is 0 Å². The lowest BCUT2D eigenvalue weighted by atomic mass is 10.1. The molecule has 2 aromatic heterocycles. The molecule has 0 bridgehead atoms. The molecule has 2 heterocycles. The van der Waals surface area contributed by atoms with E-state index in [2.05, 4.69) is 31.2 Å². The SMILES string of the molecule is CCCCCCCSc1nc2sc3c(c2c(=O)n1CCc1ccccc1)CCC3. The zero-order chi connectivity index (χ0) is 20.1. The average molecular weight is 427 g/mol. The van der Waals surface area contributed by atoms with Gasteiger partial charge in [0.05, 0.1) is 5.39 Å². The Labute approximate surface area is 181 Å². The zero-order valence-electron chi connectivity index (χ0n) is 17.3. The highest BCUT2D eigenvalue weighted by Crippen LogP contribution is 2.35. The first kappa shape index (κ1) is 20.7. The third-order valence-corrected chi connectivity index (χ3v) is 7.98. The fraction of sp³-hybridized carbons (Fsp3) is 0.500. The summed E-state index contributed by atoms with van der Waals surface area (Å²) in [6, 6.07) is 10.5. The summed E-state index contributed by atoms with van der Waals surface area (Å²) in [4.78, 5) is 20.8. The third-order valence-electron chi connectivity index (χ3n) is 5.74. The van der Waals surface area contributed by atoms with Crippen LogP contribution in [0.25, 0.3) is 10.2 Å². The van der Waals surface area contributed by atoms with Crippen LogP contribution >= 0.6 is 23.1 Å². The van der Waals surface area contributed by atoms with Gasteiger partial charge < -0.3 is 0 Å². The number of hydrogen-bond donors (Lipinski definition) is 0. The molecule has 3 nitrogen and oxygen atoms in total. The van der Waals surface area contributed by atoms with Gasteiger partial charge >= 0.3 is 0 Å². The number of rotatable bonds is 10. The second-order valence-corrected chi connectivity index (χ2v) is 10.0. The summed E-state index contributed by atoms with van der Waals surface area (Å²) in [5.74, 6) is 1.04. The van der Waals surface area contributed by atoms with Gasteiger partial charge in [-0.1, -0.05) is 74.7 Å². The molecule has 0 radical (unpaired) electrons. The van der Waals surface area contributed by atoms with Gasteiger partial charge in [0.25, 0.3) is 5.56 Å². The van der Waals surface area contributed by atoms with Crippen LogP contribution in [0.4, 0.5) is 0 Å². The topological polar surface area (TPSA) is 34.9 Å². The number of thiophene rings is 1. The van der Waals surface area contributed by atoms with E-state index in [1.54, 1.807) is 23.1 Å². The van der Waals surface area contributed by atoms with Crippen molar-refractivity contribution in [3.05, 3.63) is 56.7 Å². The van der Waals surface area contributed by atoms with Gasteiger partial charge in [-0.05, 0) is 43.2 Å². The minimum Gasteiger partial charge on any atom is -0.287 e. The molecular formula is C24H30N2OS2. The molecule has 1 aliphatic carbocycles. The Kier molecular flexibility index (Phi) is 7.09. The van der Waals surface area contributed by atoms with Crippen LogP contribution in [-0.4, -0.2) is 15.3 Å². The fourth-order valence-electron chi connectivity index (χ4n) is 4.12. The highest BCUT2D eigenvalue weighted by atomic mass is 32.2. The first-order chi connectivity index (χ1) is 14.3. The lowest BCUT2D eigenvalue weighted by molar-refractivity contribution is 0.595. The molecule has 0 spiro atoms. The molecule has 0 saturated heterocycles. The molecule has 0 fully saturated rings. The van der Waals surface area contributed by atoms with E-state index in [4.69, 9.17) is 4.98 Å². The van der Waals surface area contributed by atoms with E-state index in [1.165, 1.54) is 54.5 Å². The molecule has 154 valence electrons. The maximum atomic E-state index is 13.5. The van der Waals surface area contributed by atoms with Crippen LogP contribution in [0.5, 0.6) is 0 Å². The fourth-order valence-corrected chi connectivity index (χ4v) is 6.45. The molecule has 0 aliphatic heterocycles. The first-order valence-corrected chi connectivity index (χ1v) is 12.8. The van der Waals surface area contributed by atoms with Gasteiger partial charge in [0.2, 0.25) is 0 Å². The van der Waals surface area contributed by atoms with Crippen molar-refractivity contribution in [1.82, 2.24) is 9.55 Å². The van der Waals surface area contributed by atoms with Gasteiger partial charge in [0.1, 0.15) is 4.83 Å². The molecule has 0 amide bonds. The first-order valence-electron chi connectivity index (χ1n) is 11.0. The molecule has 29 heavy (non-hydrogen) atoms. The number of hydrogen-bond acceptors (Lipinski definition) is 4. The van der Waals surface area contributed by atoms with Crippen molar-refractivity contribution in [3.8, 4) is 0 Å². The quantitative estimate of drug-likeness (QED) is 0.218. The van der Waals surface area contributed by atoms with Gasteiger partial charge in [-0.25, -0.2) is 4.98 Å². The zero-order valence-corrected chi connectivity index (χ0v) is 18.9. The minimum atomic E-state index is 0.179. The normalized spacial score (nSPS) is 13.3. The van der Waals surface area contributed by atoms with Gasteiger partial charge in [0, 0.05) is 17.2 Å². The summed E-state index contributed by atoms with van der Waals surface area (Å²) < 4.78 is 1.96. The summed E-state index contributed by atoms with van der Waals surface area (Å²) in [5, 5.41) is 1.82. The molecule has 0 unspecified atom stereocenters.